The van der Waals surface area contributed by atoms with Crippen LogP contribution in [0.5, 0.6) is 0 Å². The minimum atomic E-state index is 0.219. The van der Waals surface area contributed by atoms with Crippen LogP contribution in [0.3, 0.4) is 0 Å². The molecule has 0 aromatic heterocycles. The molecule has 88 valence electrons. The molecule has 2 unspecified atom stereocenters. The summed E-state index contributed by atoms with van der Waals surface area (Å²) in [7, 11) is 1.63. The van der Waals surface area contributed by atoms with Gasteiger partial charge in [0.1, 0.15) is 7.11 Å². The Bertz CT molecular complexity index is 257. The number of oxime groups is 1. The van der Waals surface area contributed by atoms with Crippen LogP contribution < -0.4 is 0 Å². The van der Waals surface area contributed by atoms with E-state index in [0.29, 0.717) is 5.41 Å². The van der Waals surface area contributed by atoms with Crippen LogP contribution in [0.1, 0.15) is 53.9 Å². The van der Waals surface area contributed by atoms with Gasteiger partial charge in [-0.25, -0.2) is 0 Å². The molecular formula is C13H25NO. The standard InChI is InChI=1S/C13H25NO/c1-10-7-12(3,4)9-13(5,8-10)11(2)14-15-6/h10H,7-9H2,1-6H3/b14-11+. The Morgan fingerprint density at radius 2 is 1.87 bits per heavy atom. The zero-order valence-corrected chi connectivity index (χ0v) is 11.1. The average Bonchev–Trinajstić information content (AvgIpc) is 1.99. The topological polar surface area (TPSA) is 21.6 Å². The predicted octanol–water partition coefficient (Wildman–Crippen LogP) is 3.86. The van der Waals surface area contributed by atoms with Gasteiger partial charge >= 0.3 is 0 Å². The third-order valence-corrected chi connectivity index (χ3v) is 3.67. The van der Waals surface area contributed by atoms with Crippen molar-refractivity contribution in [2.24, 2.45) is 21.9 Å². The molecule has 0 heterocycles. The van der Waals surface area contributed by atoms with Crippen molar-refractivity contribution in [1.82, 2.24) is 0 Å². The maximum Gasteiger partial charge on any atom is 0.106 e. The van der Waals surface area contributed by atoms with Crippen molar-refractivity contribution in [3.05, 3.63) is 0 Å². The van der Waals surface area contributed by atoms with Crippen LogP contribution in [-0.4, -0.2) is 12.8 Å². The second-order valence-corrected chi connectivity index (χ2v) is 6.27. The maximum atomic E-state index is 4.91. The van der Waals surface area contributed by atoms with Gasteiger partial charge in [0, 0.05) is 5.41 Å². The largest absolute Gasteiger partial charge is 0.399 e. The van der Waals surface area contributed by atoms with Gasteiger partial charge in [0.25, 0.3) is 0 Å². The summed E-state index contributed by atoms with van der Waals surface area (Å²) in [6.45, 7) is 11.5. The minimum absolute atomic E-state index is 0.219. The smallest absolute Gasteiger partial charge is 0.106 e. The van der Waals surface area contributed by atoms with Gasteiger partial charge in [-0.3, -0.25) is 0 Å². The molecule has 0 amide bonds. The molecule has 15 heavy (non-hydrogen) atoms. The molecule has 1 aliphatic carbocycles. The van der Waals surface area contributed by atoms with E-state index in [-0.39, 0.29) is 5.41 Å². The van der Waals surface area contributed by atoms with Crippen molar-refractivity contribution in [2.45, 2.75) is 53.9 Å². The number of hydrogen-bond acceptors (Lipinski definition) is 2. The fourth-order valence-corrected chi connectivity index (χ4v) is 3.51. The lowest BCUT2D eigenvalue weighted by Crippen LogP contribution is -2.39. The van der Waals surface area contributed by atoms with E-state index in [1.165, 1.54) is 19.3 Å². The summed E-state index contributed by atoms with van der Waals surface area (Å²) in [6, 6.07) is 0. The summed E-state index contributed by atoms with van der Waals surface area (Å²) < 4.78 is 0. The molecule has 1 rings (SSSR count). The van der Waals surface area contributed by atoms with E-state index in [4.69, 9.17) is 4.84 Å². The summed E-state index contributed by atoms with van der Waals surface area (Å²) in [4.78, 5) is 4.91. The first-order chi connectivity index (χ1) is 6.79. The van der Waals surface area contributed by atoms with Crippen LogP contribution >= 0.6 is 0 Å². The van der Waals surface area contributed by atoms with E-state index in [1.54, 1.807) is 7.11 Å². The summed E-state index contributed by atoms with van der Waals surface area (Å²) >= 11 is 0. The molecule has 2 nitrogen and oxygen atoms in total. The van der Waals surface area contributed by atoms with Crippen molar-refractivity contribution in [3.63, 3.8) is 0 Å². The first-order valence-corrected chi connectivity index (χ1v) is 5.87. The van der Waals surface area contributed by atoms with E-state index in [2.05, 4.69) is 39.8 Å². The first kappa shape index (κ1) is 12.5. The summed E-state index contributed by atoms with van der Waals surface area (Å²) in [5.41, 5.74) is 1.79. The van der Waals surface area contributed by atoms with Gasteiger partial charge in [0.15, 0.2) is 0 Å². The molecule has 0 aliphatic heterocycles. The molecule has 0 aromatic rings. The van der Waals surface area contributed by atoms with Crippen LogP contribution in [0.15, 0.2) is 5.16 Å². The molecule has 1 aliphatic rings. The van der Waals surface area contributed by atoms with Crippen LogP contribution in [0.25, 0.3) is 0 Å². The van der Waals surface area contributed by atoms with Crippen molar-refractivity contribution in [1.29, 1.82) is 0 Å². The quantitative estimate of drug-likeness (QED) is 0.502. The molecule has 1 fully saturated rings. The third kappa shape index (κ3) is 2.96. The summed E-state index contributed by atoms with van der Waals surface area (Å²) in [6.07, 6.45) is 3.76. The number of nitrogens with zero attached hydrogens (tertiary/aromatic N) is 1. The fourth-order valence-electron chi connectivity index (χ4n) is 3.51. The minimum Gasteiger partial charge on any atom is -0.399 e. The molecule has 0 bridgehead atoms. The monoisotopic (exact) mass is 211 g/mol. The van der Waals surface area contributed by atoms with Crippen molar-refractivity contribution in [2.75, 3.05) is 7.11 Å². The van der Waals surface area contributed by atoms with Crippen LogP contribution in [-0.2, 0) is 4.84 Å². The second kappa shape index (κ2) is 4.15. The van der Waals surface area contributed by atoms with Crippen molar-refractivity contribution >= 4 is 5.71 Å². The van der Waals surface area contributed by atoms with Crippen LogP contribution in [0.2, 0.25) is 0 Å². The van der Waals surface area contributed by atoms with Crippen molar-refractivity contribution in [3.8, 4) is 0 Å². The Balaban J connectivity index is 2.88. The van der Waals surface area contributed by atoms with E-state index in [1.807, 2.05) is 0 Å². The lowest BCUT2D eigenvalue weighted by molar-refractivity contribution is 0.103. The molecular weight excluding hydrogens is 186 g/mol. The molecule has 0 aromatic carbocycles. The molecule has 2 atom stereocenters. The van der Waals surface area contributed by atoms with Crippen LogP contribution in [0.4, 0.5) is 0 Å². The van der Waals surface area contributed by atoms with E-state index >= 15 is 0 Å². The Morgan fingerprint density at radius 3 is 2.33 bits per heavy atom. The van der Waals surface area contributed by atoms with Gasteiger partial charge in [-0.05, 0) is 37.5 Å². The third-order valence-electron chi connectivity index (χ3n) is 3.67. The summed E-state index contributed by atoms with van der Waals surface area (Å²) in [5, 5.41) is 4.14. The highest BCUT2D eigenvalue weighted by Gasteiger charge is 2.41. The highest BCUT2D eigenvalue weighted by Crippen LogP contribution is 2.49. The lowest BCUT2D eigenvalue weighted by atomic mass is 9.59. The molecule has 0 spiro atoms. The Labute approximate surface area is 94.1 Å². The highest BCUT2D eigenvalue weighted by molar-refractivity contribution is 5.87. The maximum absolute atomic E-state index is 4.91. The van der Waals surface area contributed by atoms with Gasteiger partial charge in [0.05, 0.1) is 5.71 Å². The van der Waals surface area contributed by atoms with Gasteiger partial charge in [0.2, 0.25) is 0 Å². The van der Waals surface area contributed by atoms with E-state index in [9.17, 15) is 0 Å². The van der Waals surface area contributed by atoms with Gasteiger partial charge in [-0.15, -0.1) is 0 Å². The SMILES string of the molecule is CO/N=C(\C)C1(C)CC(C)CC(C)(C)C1. The molecule has 2 heteroatoms. The fraction of sp³-hybridized carbons (Fsp3) is 0.923. The zero-order chi connectivity index (χ0) is 11.7. The molecule has 0 N–H and O–H groups in total. The second-order valence-electron chi connectivity index (χ2n) is 6.27. The van der Waals surface area contributed by atoms with Crippen LogP contribution in [0, 0.1) is 16.7 Å². The Morgan fingerprint density at radius 1 is 1.27 bits per heavy atom. The van der Waals surface area contributed by atoms with E-state index in [0.717, 1.165) is 11.6 Å². The normalized spacial score (nSPS) is 36.4. The molecule has 1 saturated carbocycles. The number of hydrogen-bond donors (Lipinski definition) is 0. The molecule has 0 radical (unpaired) electrons. The van der Waals surface area contributed by atoms with E-state index < -0.39 is 0 Å². The highest BCUT2D eigenvalue weighted by atomic mass is 16.6. The first-order valence-electron chi connectivity index (χ1n) is 5.87. The number of rotatable bonds is 2. The van der Waals surface area contributed by atoms with Crippen molar-refractivity contribution < 1.29 is 4.84 Å². The Kier molecular flexibility index (Phi) is 3.47. The predicted molar refractivity (Wildman–Crippen MR) is 65.0 cm³/mol. The van der Waals surface area contributed by atoms with Gasteiger partial charge < -0.3 is 4.84 Å². The van der Waals surface area contributed by atoms with Gasteiger partial charge in [-0.2, -0.15) is 0 Å². The zero-order valence-electron chi connectivity index (χ0n) is 11.1. The Hall–Kier alpha value is -0.530. The molecule has 0 saturated heterocycles. The lowest BCUT2D eigenvalue weighted by Gasteiger charge is -2.45. The summed E-state index contributed by atoms with van der Waals surface area (Å²) in [5.74, 6) is 0.778. The average molecular weight is 211 g/mol. The van der Waals surface area contributed by atoms with Gasteiger partial charge in [-0.1, -0.05) is 32.9 Å².